The minimum Gasteiger partial charge on any atom is -0.341 e. The van der Waals surface area contributed by atoms with Crippen LogP contribution in [0.15, 0.2) is 0 Å². The molecule has 2 aliphatic carbocycles. The van der Waals surface area contributed by atoms with Crippen LogP contribution in [0.25, 0.3) is 0 Å². The second-order valence-electron chi connectivity index (χ2n) is 6.27. The van der Waals surface area contributed by atoms with Crippen LogP contribution in [-0.2, 0) is 9.59 Å². The van der Waals surface area contributed by atoms with E-state index in [9.17, 15) is 9.59 Å². The number of hydrogen-bond acceptors (Lipinski definition) is 3. The topological polar surface area (TPSA) is 40.6 Å². The van der Waals surface area contributed by atoms with Crippen molar-refractivity contribution in [2.75, 3.05) is 24.7 Å². The van der Waals surface area contributed by atoms with E-state index in [4.69, 9.17) is 0 Å². The quantitative estimate of drug-likeness (QED) is 0.778. The summed E-state index contributed by atoms with van der Waals surface area (Å²) in [5.41, 5.74) is 0. The smallest absolute Gasteiger partial charge is 0.246 e. The molecule has 4 nitrogen and oxygen atoms in total. The molecule has 3 rings (SSSR count). The summed E-state index contributed by atoms with van der Waals surface area (Å²) in [5, 5.41) is 0. The molecule has 1 aliphatic heterocycles. The lowest BCUT2D eigenvalue weighted by Gasteiger charge is -2.33. The molecule has 0 aromatic heterocycles. The molecule has 0 spiro atoms. The fraction of sp³-hybridized carbons (Fsp3) is 0.867. The molecule has 5 heteroatoms. The predicted octanol–water partition coefficient (Wildman–Crippen LogP) is 1.95. The van der Waals surface area contributed by atoms with Crippen molar-refractivity contribution in [3.63, 3.8) is 0 Å². The number of rotatable bonds is 5. The van der Waals surface area contributed by atoms with Crippen LogP contribution in [0.2, 0.25) is 0 Å². The molecule has 3 fully saturated rings. The molecule has 2 saturated carbocycles. The number of carbonyl (C=O) groups excluding carboxylic acids is 2. The molecule has 1 heterocycles. The van der Waals surface area contributed by atoms with Crippen molar-refractivity contribution < 1.29 is 9.59 Å². The predicted molar refractivity (Wildman–Crippen MR) is 80.3 cm³/mol. The van der Waals surface area contributed by atoms with E-state index in [-0.39, 0.29) is 23.8 Å². The summed E-state index contributed by atoms with van der Waals surface area (Å²) >= 11 is 1.72. The third-order valence-corrected chi connectivity index (χ3v) is 5.79. The Labute approximate surface area is 125 Å². The van der Waals surface area contributed by atoms with Gasteiger partial charge in [-0.15, -0.1) is 11.8 Å². The monoisotopic (exact) mass is 296 g/mol. The van der Waals surface area contributed by atoms with Gasteiger partial charge in [-0.2, -0.15) is 0 Å². The standard InChI is InChI=1S/C15H24N2O2S/c1-2-16(8-11-6-7-11)15(19)13-9-20-10-17(13)14(18)12-4-3-5-12/h11-13H,2-10H2,1H3. The number of nitrogens with zero attached hydrogens (tertiary/aromatic N) is 2. The number of carbonyl (C=O) groups is 2. The molecule has 1 saturated heterocycles. The maximum Gasteiger partial charge on any atom is 0.246 e. The normalized spacial score (nSPS) is 26.4. The Morgan fingerprint density at radius 3 is 2.55 bits per heavy atom. The van der Waals surface area contributed by atoms with Crippen LogP contribution >= 0.6 is 11.8 Å². The van der Waals surface area contributed by atoms with Crippen LogP contribution in [0, 0.1) is 11.8 Å². The minimum atomic E-state index is -0.202. The lowest BCUT2D eigenvalue weighted by atomic mass is 9.84. The second kappa shape index (κ2) is 5.96. The number of amides is 2. The Morgan fingerprint density at radius 1 is 1.25 bits per heavy atom. The zero-order chi connectivity index (χ0) is 14.1. The molecule has 112 valence electrons. The highest BCUT2D eigenvalue weighted by atomic mass is 32.2. The van der Waals surface area contributed by atoms with E-state index in [0.717, 1.165) is 31.7 Å². The van der Waals surface area contributed by atoms with E-state index in [0.29, 0.717) is 11.8 Å². The van der Waals surface area contributed by atoms with E-state index in [1.54, 1.807) is 11.8 Å². The van der Waals surface area contributed by atoms with Crippen LogP contribution in [0.1, 0.15) is 39.0 Å². The summed E-state index contributed by atoms with van der Waals surface area (Å²) in [7, 11) is 0. The van der Waals surface area contributed by atoms with Gasteiger partial charge in [0.15, 0.2) is 0 Å². The van der Waals surface area contributed by atoms with Gasteiger partial charge in [-0.3, -0.25) is 9.59 Å². The summed E-state index contributed by atoms with van der Waals surface area (Å²) in [6, 6.07) is -0.202. The first-order chi connectivity index (χ1) is 9.70. The van der Waals surface area contributed by atoms with Crippen LogP contribution < -0.4 is 0 Å². The lowest BCUT2D eigenvalue weighted by molar-refractivity contribution is -0.147. The SMILES string of the molecule is CCN(CC1CC1)C(=O)C1CSCN1C(=O)C1CCC1. The molecule has 0 bridgehead atoms. The molecule has 0 radical (unpaired) electrons. The molecule has 2 amide bonds. The Balaban J connectivity index is 1.63. The first-order valence-corrected chi connectivity index (χ1v) is 9.03. The van der Waals surface area contributed by atoms with Gasteiger partial charge in [-0.1, -0.05) is 6.42 Å². The van der Waals surface area contributed by atoms with Crippen LogP contribution in [-0.4, -0.2) is 52.4 Å². The highest BCUT2D eigenvalue weighted by Crippen LogP contribution is 2.33. The molecule has 1 atom stereocenters. The van der Waals surface area contributed by atoms with Crippen LogP contribution in [0.3, 0.4) is 0 Å². The van der Waals surface area contributed by atoms with E-state index >= 15 is 0 Å². The van der Waals surface area contributed by atoms with Gasteiger partial charge in [-0.25, -0.2) is 0 Å². The first kappa shape index (κ1) is 14.2. The van der Waals surface area contributed by atoms with Gasteiger partial charge < -0.3 is 9.80 Å². The zero-order valence-corrected chi connectivity index (χ0v) is 13.0. The summed E-state index contributed by atoms with van der Waals surface area (Å²) in [4.78, 5) is 29.0. The minimum absolute atomic E-state index is 0.178. The third kappa shape index (κ3) is 2.83. The zero-order valence-electron chi connectivity index (χ0n) is 12.2. The molecule has 0 aromatic rings. The Bertz CT molecular complexity index is 393. The summed E-state index contributed by atoms with van der Waals surface area (Å²) in [6.45, 7) is 3.70. The fourth-order valence-corrected chi connectivity index (χ4v) is 4.11. The van der Waals surface area contributed by atoms with Crippen LogP contribution in [0.4, 0.5) is 0 Å². The summed E-state index contributed by atoms with van der Waals surface area (Å²) in [5.74, 6) is 2.79. The van der Waals surface area contributed by atoms with Gasteiger partial charge in [0.25, 0.3) is 0 Å². The van der Waals surface area contributed by atoms with Crippen molar-refractivity contribution in [1.29, 1.82) is 0 Å². The van der Waals surface area contributed by atoms with Crippen molar-refractivity contribution in [1.82, 2.24) is 9.80 Å². The van der Waals surface area contributed by atoms with E-state index < -0.39 is 0 Å². The molecular weight excluding hydrogens is 272 g/mol. The van der Waals surface area contributed by atoms with Gasteiger partial charge in [0, 0.05) is 24.8 Å². The Kier molecular flexibility index (Phi) is 4.24. The van der Waals surface area contributed by atoms with Crippen molar-refractivity contribution in [2.45, 2.75) is 45.1 Å². The number of hydrogen-bond donors (Lipinski definition) is 0. The average molecular weight is 296 g/mol. The van der Waals surface area contributed by atoms with Crippen LogP contribution in [0.5, 0.6) is 0 Å². The third-order valence-electron chi connectivity index (χ3n) is 4.77. The molecular formula is C15H24N2O2S. The molecule has 20 heavy (non-hydrogen) atoms. The summed E-state index contributed by atoms with van der Waals surface area (Å²) in [6.07, 6.45) is 5.71. The lowest BCUT2D eigenvalue weighted by Crippen LogP contribution is -2.51. The Hall–Kier alpha value is -0.710. The summed E-state index contributed by atoms with van der Waals surface area (Å²) < 4.78 is 0. The van der Waals surface area contributed by atoms with Crippen molar-refractivity contribution in [3.05, 3.63) is 0 Å². The maximum absolute atomic E-state index is 12.7. The van der Waals surface area contributed by atoms with Gasteiger partial charge in [0.1, 0.15) is 6.04 Å². The highest BCUT2D eigenvalue weighted by molar-refractivity contribution is 7.99. The first-order valence-electron chi connectivity index (χ1n) is 7.87. The van der Waals surface area contributed by atoms with E-state index in [1.807, 2.05) is 16.7 Å². The van der Waals surface area contributed by atoms with E-state index in [1.165, 1.54) is 19.3 Å². The number of likely N-dealkylation sites (N-methyl/N-ethyl adjacent to an activating group) is 1. The fourth-order valence-electron chi connectivity index (χ4n) is 2.95. The van der Waals surface area contributed by atoms with E-state index in [2.05, 4.69) is 0 Å². The average Bonchev–Trinajstić information content (AvgIpc) is 3.06. The van der Waals surface area contributed by atoms with Gasteiger partial charge in [0.05, 0.1) is 5.88 Å². The molecule has 1 unspecified atom stereocenters. The molecule has 0 aromatic carbocycles. The van der Waals surface area contributed by atoms with Gasteiger partial charge in [-0.05, 0) is 38.5 Å². The second-order valence-corrected chi connectivity index (χ2v) is 7.27. The number of thioether (sulfide) groups is 1. The largest absolute Gasteiger partial charge is 0.341 e. The van der Waals surface area contributed by atoms with Gasteiger partial charge in [0.2, 0.25) is 11.8 Å². The highest BCUT2D eigenvalue weighted by Gasteiger charge is 2.41. The van der Waals surface area contributed by atoms with Crippen molar-refractivity contribution in [2.24, 2.45) is 11.8 Å². The Morgan fingerprint density at radius 2 is 2.00 bits per heavy atom. The van der Waals surface area contributed by atoms with Crippen molar-refractivity contribution in [3.8, 4) is 0 Å². The maximum atomic E-state index is 12.7. The molecule has 0 N–H and O–H groups in total. The van der Waals surface area contributed by atoms with Gasteiger partial charge >= 0.3 is 0 Å². The molecule has 3 aliphatic rings. The van der Waals surface area contributed by atoms with Crippen molar-refractivity contribution >= 4 is 23.6 Å².